The molecule has 2 aromatic carbocycles. The first-order chi connectivity index (χ1) is 13.1. The molecule has 0 heterocycles. The van der Waals surface area contributed by atoms with Gasteiger partial charge in [-0.1, -0.05) is 60.7 Å². The normalized spacial score (nSPS) is 11.6. The fourth-order valence-electron chi connectivity index (χ4n) is 2.46. The van der Waals surface area contributed by atoms with Crippen LogP contribution in [-0.4, -0.2) is 34.5 Å². The van der Waals surface area contributed by atoms with Crippen molar-refractivity contribution < 1.29 is 24.3 Å². The van der Waals surface area contributed by atoms with E-state index in [1.54, 1.807) is 12.1 Å². The molecule has 0 aliphatic carbocycles. The van der Waals surface area contributed by atoms with Gasteiger partial charge in [0, 0.05) is 6.42 Å². The van der Waals surface area contributed by atoms with Gasteiger partial charge in [0.1, 0.15) is 6.61 Å². The lowest BCUT2D eigenvalue weighted by Crippen LogP contribution is -2.51. The summed E-state index contributed by atoms with van der Waals surface area (Å²) in [5.41, 5.74) is 4.19. The van der Waals surface area contributed by atoms with Gasteiger partial charge >= 0.3 is 5.97 Å². The van der Waals surface area contributed by atoms with Crippen molar-refractivity contribution in [2.45, 2.75) is 31.9 Å². The summed E-state index contributed by atoms with van der Waals surface area (Å²) in [6, 6.07) is 17.1. The quantitative estimate of drug-likeness (QED) is 0.338. The lowest BCUT2D eigenvalue weighted by Gasteiger charge is -2.21. The Labute approximate surface area is 157 Å². The van der Waals surface area contributed by atoms with Crippen LogP contribution in [0.3, 0.4) is 0 Å². The van der Waals surface area contributed by atoms with E-state index in [0.717, 1.165) is 11.1 Å². The molecule has 0 saturated heterocycles. The van der Waals surface area contributed by atoms with E-state index in [-0.39, 0.29) is 19.4 Å². The molecule has 0 aliphatic rings. The van der Waals surface area contributed by atoms with Crippen LogP contribution in [0.1, 0.15) is 24.0 Å². The Balaban J connectivity index is 1.85. The zero-order chi connectivity index (χ0) is 19.5. The first-order valence-corrected chi connectivity index (χ1v) is 8.57. The second kappa shape index (κ2) is 10.8. The number of aliphatic carboxylic acids is 1. The van der Waals surface area contributed by atoms with Crippen molar-refractivity contribution in [3.8, 4) is 0 Å². The minimum absolute atomic E-state index is 0.0567. The summed E-state index contributed by atoms with van der Waals surface area (Å²) >= 11 is 0. The number of benzene rings is 2. The van der Waals surface area contributed by atoms with Crippen LogP contribution in [0, 0.1) is 0 Å². The van der Waals surface area contributed by atoms with E-state index in [1.165, 1.54) is 0 Å². The van der Waals surface area contributed by atoms with Crippen LogP contribution in [0.15, 0.2) is 60.7 Å². The van der Waals surface area contributed by atoms with Crippen LogP contribution in [0.25, 0.3) is 0 Å². The third-order valence-electron chi connectivity index (χ3n) is 3.87. The number of amides is 1. The lowest BCUT2D eigenvalue weighted by atomic mass is 10.0. The highest BCUT2D eigenvalue weighted by Crippen LogP contribution is 2.07. The minimum atomic E-state index is -1.55. The monoisotopic (exact) mass is 370 g/mol. The number of aryl methyl sites for hydroxylation is 1. The van der Waals surface area contributed by atoms with Crippen LogP contribution in [-0.2, 0) is 32.2 Å². The smallest absolute Gasteiger partial charge is 0.330 e. The van der Waals surface area contributed by atoms with Crippen molar-refractivity contribution in [2.24, 2.45) is 0 Å². The zero-order valence-corrected chi connectivity index (χ0v) is 14.8. The molecule has 0 spiro atoms. The summed E-state index contributed by atoms with van der Waals surface area (Å²) in [6.45, 7) is 0.0567. The third-order valence-corrected chi connectivity index (χ3v) is 3.87. The molecule has 7 heteroatoms. The molecule has 1 amide bonds. The molecule has 0 aromatic heterocycles. The summed E-state index contributed by atoms with van der Waals surface area (Å²) in [5, 5.41) is 9.93. The Morgan fingerprint density at radius 2 is 1.63 bits per heavy atom. The van der Waals surface area contributed by atoms with E-state index in [2.05, 4.69) is 5.43 Å². The van der Waals surface area contributed by atoms with Crippen molar-refractivity contribution in [1.82, 2.24) is 10.6 Å². The molecule has 2 rings (SSSR count). The largest absolute Gasteiger partial charge is 0.480 e. The molecule has 2 aromatic rings. The van der Waals surface area contributed by atoms with E-state index >= 15 is 0 Å². The molecule has 0 fully saturated rings. The fourth-order valence-corrected chi connectivity index (χ4v) is 2.46. The van der Waals surface area contributed by atoms with E-state index in [4.69, 9.17) is 4.84 Å². The number of ketones is 1. The maximum Gasteiger partial charge on any atom is 0.330 e. The molecule has 0 aliphatic heterocycles. The number of nitrogens with zero attached hydrogens (tertiary/aromatic N) is 1. The first kappa shape index (κ1) is 20.3. The van der Waals surface area contributed by atoms with Crippen LogP contribution < -0.4 is 5.43 Å². The Morgan fingerprint density at radius 3 is 2.19 bits per heavy atom. The highest BCUT2D eigenvalue weighted by molar-refractivity contribution is 6.02. The number of nitrogens with one attached hydrogen (secondary N) is 1. The number of hydrogen-bond donors (Lipinski definition) is 2. The molecule has 0 radical (unpaired) electrons. The Hall–Kier alpha value is -3.03. The first-order valence-electron chi connectivity index (χ1n) is 8.57. The maximum absolute atomic E-state index is 12.3. The molecule has 142 valence electrons. The van der Waals surface area contributed by atoms with Gasteiger partial charge in [-0.2, -0.15) is 5.43 Å². The second-order valence-corrected chi connectivity index (χ2v) is 5.90. The average molecular weight is 370 g/mol. The molecule has 7 nitrogen and oxygen atoms in total. The lowest BCUT2D eigenvalue weighted by molar-refractivity contribution is -0.204. The number of carboxylic acid groups (broad SMARTS) is 1. The van der Waals surface area contributed by atoms with Crippen molar-refractivity contribution >= 4 is 18.2 Å². The number of hydrazine groups is 1. The van der Waals surface area contributed by atoms with Gasteiger partial charge in [0.2, 0.25) is 6.41 Å². The number of carboxylic acids is 1. The van der Waals surface area contributed by atoms with Gasteiger partial charge in [0.15, 0.2) is 11.8 Å². The van der Waals surface area contributed by atoms with Crippen LogP contribution in [0.2, 0.25) is 0 Å². The number of carbonyl (C=O) groups excluding carboxylic acids is 2. The predicted octanol–water partition coefficient (Wildman–Crippen LogP) is 2.13. The number of carbonyl (C=O) groups is 3. The topological polar surface area (TPSA) is 95.9 Å². The highest BCUT2D eigenvalue weighted by atomic mass is 16.7. The van der Waals surface area contributed by atoms with Gasteiger partial charge < -0.3 is 5.11 Å². The molecule has 1 atom stereocenters. The van der Waals surface area contributed by atoms with Gasteiger partial charge in [-0.3, -0.25) is 14.4 Å². The molecular formula is C20H22N2O5. The van der Waals surface area contributed by atoms with Crippen LogP contribution in [0.5, 0.6) is 0 Å². The minimum Gasteiger partial charge on any atom is -0.480 e. The fraction of sp³-hybridized carbons (Fsp3) is 0.250. The molecular weight excluding hydrogens is 348 g/mol. The third kappa shape index (κ3) is 7.01. The highest BCUT2D eigenvalue weighted by Gasteiger charge is 2.27. The summed E-state index contributed by atoms with van der Waals surface area (Å²) < 4.78 is 0. The van der Waals surface area contributed by atoms with Gasteiger partial charge in [0.05, 0.1) is 0 Å². The molecule has 0 bridgehead atoms. The molecule has 0 saturated carbocycles. The van der Waals surface area contributed by atoms with Gasteiger partial charge in [-0.15, -0.1) is 5.17 Å². The van der Waals surface area contributed by atoms with E-state index < -0.39 is 17.8 Å². The van der Waals surface area contributed by atoms with E-state index in [9.17, 15) is 19.5 Å². The number of rotatable bonds is 12. The SMILES string of the molecule is O=CN(NC(C(=O)O)C(=O)CCCc1ccccc1)OCc1ccccc1. The zero-order valence-electron chi connectivity index (χ0n) is 14.8. The van der Waals surface area contributed by atoms with Crippen molar-refractivity contribution in [1.29, 1.82) is 0 Å². The average Bonchev–Trinajstić information content (AvgIpc) is 2.69. The Kier molecular flexibility index (Phi) is 8.15. The number of hydroxylamine groups is 1. The van der Waals surface area contributed by atoms with Crippen molar-refractivity contribution in [3.05, 3.63) is 71.8 Å². The number of hydrogen-bond acceptors (Lipinski definition) is 5. The van der Waals surface area contributed by atoms with Crippen molar-refractivity contribution in [2.75, 3.05) is 0 Å². The summed E-state index contributed by atoms with van der Waals surface area (Å²) in [4.78, 5) is 40.0. The standard InChI is InChI=1S/C20H22N2O5/c23-15-22(27-14-17-10-5-2-6-11-17)21-19(20(25)26)18(24)13-7-12-16-8-3-1-4-9-16/h1-6,8-11,15,19,21H,7,12-14H2,(H,25,26). The van der Waals surface area contributed by atoms with Gasteiger partial charge in [-0.05, 0) is 24.0 Å². The van der Waals surface area contributed by atoms with Crippen molar-refractivity contribution in [3.63, 3.8) is 0 Å². The number of Topliss-reactive ketones (excluding diaryl/α,β-unsaturated/α-hetero) is 1. The molecule has 27 heavy (non-hydrogen) atoms. The molecule has 1 unspecified atom stereocenters. The van der Waals surface area contributed by atoms with E-state index in [1.807, 2.05) is 48.5 Å². The van der Waals surface area contributed by atoms with Crippen LogP contribution >= 0.6 is 0 Å². The Bertz CT molecular complexity index is 737. The Morgan fingerprint density at radius 1 is 1.04 bits per heavy atom. The second-order valence-electron chi connectivity index (χ2n) is 5.90. The van der Waals surface area contributed by atoms with E-state index in [0.29, 0.717) is 18.0 Å². The van der Waals surface area contributed by atoms with Gasteiger partial charge in [-0.25, -0.2) is 4.79 Å². The van der Waals surface area contributed by atoms with Crippen LogP contribution in [0.4, 0.5) is 0 Å². The maximum atomic E-state index is 12.3. The molecule has 2 N–H and O–H groups in total. The predicted molar refractivity (Wildman–Crippen MR) is 98.1 cm³/mol. The summed E-state index contributed by atoms with van der Waals surface area (Å²) in [5.74, 6) is -1.89. The summed E-state index contributed by atoms with van der Waals surface area (Å²) in [6.07, 6.45) is 1.54. The summed E-state index contributed by atoms with van der Waals surface area (Å²) in [7, 11) is 0. The van der Waals surface area contributed by atoms with Gasteiger partial charge in [0.25, 0.3) is 0 Å².